The Bertz CT molecular complexity index is 728. The monoisotopic (exact) mass is 326 g/mol. The Morgan fingerprint density at radius 1 is 1.25 bits per heavy atom. The lowest BCUT2D eigenvalue weighted by atomic mass is 10.1. The molecule has 3 rings (SSSR count). The van der Waals surface area contributed by atoms with Crippen LogP contribution in [0.15, 0.2) is 42.5 Å². The molecular weight excluding hydrogens is 304 g/mol. The molecule has 0 bridgehead atoms. The van der Waals surface area contributed by atoms with Gasteiger partial charge in [-0.15, -0.1) is 0 Å². The molecule has 126 valence electrons. The highest BCUT2D eigenvalue weighted by Gasteiger charge is 2.22. The first-order valence-electron chi connectivity index (χ1n) is 8.11. The van der Waals surface area contributed by atoms with Gasteiger partial charge in [0, 0.05) is 18.8 Å². The molecule has 0 saturated heterocycles. The molecule has 2 N–H and O–H groups in total. The van der Waals surface area contributed by atoms with E-state index in [0.717, 1.165) is 30.0 Å². The molecule has 0 radical (unpaired) electrons. The van der Waals surface area contributed by atoms with Crippen LogP contribution in [0.3, 0.4) is 0 Å². The molecule has 0 aromatic heterocycles. The molecule has 1 atom stereocenters. The quantitative estimate of drug-likeness (QED) is 0.886. The van der Waals surface area contributed by atoms with E-state index in [1.54, 1.807) is 24.1 Å². The minimum atomic E-state index is -0.0416. The lowest BCUT2D eigenvalue weighted by Gasteiger charge is -2.27. The van der Waals surface area contributed by atoms with E-state index in [-0.39, 0.29) is 18.6 Å². The number of aromatic hydroxyl groups is 1. The van der Waals surface area contributed by atoms with Gasteiger partial charge in [-0.1, -0.05) is 12.1 Å². The van der Waals surface area contributed by atoms with Gasteiger partial charge < -0.3 is 20.1 Å². The summed E-state index contributed by atoms with van der Waals surface area (Å²) in [6.07, 6.45) is 1.90. The lowest BCUT2D eigenvalue weighted by Crippen LogP contribution is -2.35. The summed E-state index contributed by atoms with van der Waals surface area (Å²) in [5, 5.41) is 12.8. The molecule has 2 aromatic carbocycles. The molecule has 1 aliphatic rings. The van der Waals surface area contributed by atoms with Crippen LogP contribution < -0.4 is 15.0 Å². The van der Waals surface area contributed by atoms with E-state index in [9.17, 15) is 9.90 Å². The molecular formula is C19H22N2O3. The number of hydrogen-bond acceptors (Lipinski definition) is 4. The van der Waals surface area contributed by atoms with Gasteiger partial charge in [-0.2, -0.15) is 0 Å². The molecule has 1 heterocycles. The Labute approximate surface area is 141 Å². The van der Waals surface area contributed by atoms with Crippen molar-refractivity contribution in [2.24, 2.45) is 0 Å². The maximum Gasteiger partial charge on any atom is 0.264 e. The van der Waals surface area contributed by atoms with Gasteiger partial charge in [0.15, 0.2) is 6.61 Å². The maximum atomic E-state index is 11.7. The van der Waals surface area contributed by atoms with Crippen LogP contribution >= 0.6 is 0 Å². The van der Waals surface area contributed by atoms with Crippen molar-refractivity contribution in [2.45, 2.75) is 25.8 Å². The number of nitrogens with one attached hydrogen (secondary N) is 1. The van der Waals surface area contributed by atoms with Crippen LogP contribution in [0.25, 0.3) is 0 Å². The van der Waals surface area contributed by atoms with Crippen LogP contribution in [0.4, 0.5) is 11.4 Å². The van der Waals surface area contributed by atoms with Crippen LogP contribution in [0, 0.1) is 0 Å². The first-order valence-corrected chi connectivity index (χ1v) is 8.11. The largest absolute Gasteiger partial charge is 0.508 e. The summed E-state index contributed by atoms with van der Waals surface area (Å²) in [6.45, 7) is 2.23. The van der Waals surface area contributed by atoms with Gasteiger partial charge in [-0.3, -0.25) is 4.79 Å². The minimum absolute atomic E-state index is 0.0416. The Balaban J connectivity index is 1.61. The number of rotatable bonds is 5. The molecule has 0 spiro atoms. The average Bonchev–Trinajstić information content (AvgIpc) is 2.58. The van der Waals surface area contributed by atoms with E-state index in [0.29, 0.717) is 5.75 Å². The number of carbonyl (C=O) groups excluding carboxylic acids is 1. The van der Waals surface area contributed by atoms with Crippen molar-refractivity contribution < 1.29 is 14.6 Å². The number of phenols is 1. The fourth-order valence-electron chi connectivity index (χ4n) is 2.76. The van der Waals surface area contributed by atoms with E-state index in [4.69, 9.17) is 4.74 Å². The molecule has 5 nitrogen and oxygen atoms in total. The first-order chi connectivity index (χ1) is 11.5. The summed E-state index contributed by atoms with van der Waals surface area (Å²) in [5.74, 6) is 0.985. The van der Waals surface area contributed by atoms with Crippen LogP contribution in [-0.4, -0.2) is 30.7 Å². The van der Waals surface area contributed by atoms with Crippen molar-refractivity contribution in [1.29, 1.82) is 0 Å². The third kappa shape index (κ3) is 3.62. The number of nitrogens with zero attached hydrogens (tertiary/aromatic N) is 1. The zero-order valence-corrected chi connectivity index (χ0v) is 14.0. The number of anilines is 2. The molecule has 24 heavy (non-hydrogen) atoms. The molecule has 0 saturated carbocycles. The Kier molecular flexibility index (Phi) is 4.60. The van der Waals surface area contributed by atoms with Crippen LogP contribution in [0.1, 0.15) is 18.9 Å². The van der Waals surface area contributed by atoms with Gasteiger partial charge in [0.2, 0.25) is 0 Å². The van der Waals surface area contributed by atoms with Crippen LogP contribution in [0.5, 0.6) is 11.5 Å². The molecule has 1 aliphatic heterocycles. The molecule has 0 fully saturated rings. The smallest absolute Gasteiger partial charge is 0.264 e. The standard InChI is InChI=1S/C19H22N2O3/c1-13(3-4-14-5-8-16(22)9-6-14)20-15-7-10-18-17(11-15)21(2)19(23)12-24-18/h5-11,13,20,22H,3-4,12H2,1-2H3/t13-/m1/s1. The fraction of sp³-hybridized carbons (Fsp3) is 0.316. The van der Waals surface area contributed by atoms with E-state index < -0.39 is 0 Å². The van der Waals surface area contributed by atoms with Gasteiger partial charge in [-0.05, 0) is 55.7 Å². The van der Waals surface area contributed by atoms with E-state index >= 15 is 0 Å². The Morgan fingerprint density at radius 2 is 2.00 bits per heavy atom. The van der Waals surface area contributed by atoms with Crippen molar-refractivity contribution in [3.8, 4) is 11.5 Å². The van der Waals surface area contributed by atoms with E-state index in [1.165, 1.54) is 5.56 Å². The second-order valence-corrected chi connectivity index (χ2v) is 6.17. The number of ether oxygens (including phenoxy) is 1. The topological polar surface area (TPSA) is 61.8 Å². The second kappa shape index (κ2) is 6.83. The predicted octanol–water partition coefficient (Wildman–Crippen LogP) is 3.18. The van der Waals surface area contributed by atoms with Crippen molar-refractivity contribution >= 4 is 17.3 Å². The van der Waals surface area contributed by atoms with Crippen molar-refractivity contribution in [3.63, 3.8) is 0 Å². The zero-order chi connectivity index (χ0) is 17.1. The number of likely N-dealkylation sites (N-methyl/N-ethyl adjacent to an activating group) is 1. The normalized spacial score (nSPS) is 14.8. The fourth-order valence-corrected chi connectivity index (χ4v) is 2.76. The first kappa shape index (κ1) is 16.2. The number of benzene rings is 2. The van der Waals surface area contributed by atoms with Crippen molar-refractivity contribution in [3.05, 3.63) is 48.0 Å². The number of fused-ring (bicyclic) bond motifs is 1. The third-order valence-corrected chi connectivity index (χ3v) is 4.26. The number of phenolic OH excluding ortho intramolecular Hbond substituents is 1. The average molecular weight is 326 g/mol. The number of carbonyl (C=O) groups is 1. The second-order valence-electron chi connectivity index (χ2n) is 6.17. The summed E-state index contributed by atoms with van der Waals surface area (Å²) in [6, 6.07) is 13.4. The van der Waals surface area contributed by atoms with Crippen LogP contribution in [0.2, 0.25) is 0 Å². The van der Waals surface area contributed by atoms with Gasteiger partial charge in [0.25, 0.3) is 5.91 Å². The van der Waals surface area contributed by atoms with Crippen molar-refractivity contribution in [1.82, 2.24) is 0 Å². The summed E-state index contributed by atoms with van der Waals surface area (Å²) < 4.78 is 5.44. The summed E-state index contributed by atoms with van der Waals surface area (Å²) >= 11 is 0. The SMILES string of the molecule is C[C@H](CCc1ccc(O)cc1)Nc1ccc2c(c1)N(C)C(=O)CO2. The highest BCUT2D eigenvalue weighted by molar-refractivity contribution is 5.97. The molecule has 1 amide bonds. The van der Waals surface area contributed by atoms with Crippen molar-refractivity contribution in [2.75, 3.05) is 23.9 Å². The number of hydrogen-bond donors (Lipinski definition) is 2. The van der Waals surface area contributed by atoms with E-state index in [1.807, 2.05) is 30.3 Å². The van der Waals surface area contributed by atoms with E-state index in [2.05, 4.69) is 12.2 Å². The third-order valence-electron chi connectivity index (χ3n) is 4.26. The number of aryl methyl sites for hydroxylation is 1. The number of amides is 1. The lowest BCUT2D eigenvalue weighted by molar-refractivity contribution is -0.120. The summed E-state index contributed by atoms with van der Waals surface area (Å²) in [5.41, 5.74) is 2.96. The maximum absolute atomic E-state index is 11.7. The molecule has 5 heteroatoms. The molecule has 0 aliphatic carbocycles. The van der Waals surface area contributed by atoms with Crippen LogP contribution in [-0.2, 0) is 11.2 Å². The summed E-state index contributed by atoms with van der Waals surface area (Å²) in [7, 11) is 1.77. The zero-order valence-electron chi connectivity index (χ0n) is 14.0. The highest BCUT2D eigenvalue weighted by Crippen LogP contribution is 2.33. The molecule has 0 unspecified atom stereocenters. The summed E-state index contributed by atoms with van der Waals surface area (Å²) in [4.78, 5) is 13.4. The van der Waals surface area contributed by atoms with Gasteiger partial charge in [0.05, 0.1) is 5.69 Å². The minimum Gasteiger partial charge on any atom is -0.508 e. The van der Waals surface area contributed by atoms with Gasteiger partial charge >= 0.3 is 0 Å². The predicted molar refractivity (Wildman–Crippen MR) is 94.9 cm³/mol. The Morgan fingerprint density at radius 3 is 2.75 bits per heavy atom. The Hall–Kier alpha value is -2.69. The molecule has 2 aromatic rings. The van der Waals surface area contributed by atoms with Gasteiger partial charge in [0.1, 0.15) is 11.5 Å². The van der Waals surface area contributed by atoms with Gasteiger partial charge in [-0.25, -0.2) is 0 Å². The highest BCUT2D eigenvalue weighted by atomic mass is 16.5.